The van der Waals surface area contributed by atoms with Crippen molar-refractivity contribution in [3.05, 3.63) is 71.3 Å². The molecule has 3 aliphatic heterocycles. The standard InChI is InChI=1S/C22H27NO2/c1-3-7-18-10-12-20(13-11-18)22-23(14-19-8-5-4-6-9-19)15-21(2,16-24-22)17-25-22/h4-6,8-13H,3,7,14-17H2,1-2H3. The van der Waals surface area contributed by atoms with E-state index in [0.717, 1.165) is 44.7 Å². The van der Waals surface area contributed by atoms with Gasteiger partial charge in [-0.05, 0) is 17.5 Å². The third-order valence-corrected chi connectivity index (χ3v) is 5.30. The number of hydrogen-bond acceptors (Lipinski definition) is 3. The quantitative estimate of drug-likeness (QED) is 0.811. The predicted molar refractivity (Wildman–Crippen MR) is 99.0 cm³/mol. The van der Waals surface area contributed by atoms with Crippen molar-refractivity contribution in [2.24, 2.45) is 5.41 Å². The molecule has 0 N–H and O–H groups in total. The highest BCUT2D eigenvalue weighted by Gasteiger charge is 2.55. The highest BCUT2D eigenvalue weighted by atomic mass is 16.7. The van der Waals surface area contributed by atoms with Gasteiger partial charge in [0.15, 0.2) is 0 Å². The summed E-state index contributed by atoms with van der Waals surface area (Å²) in [5, 5.41) is 0. The van der Waals surface area contributed by atoms with Crippen molar-refractivity contribution in [2.45, 2.75) is 39.1 Å². The third kappa shape index (κ3) is 3.12. The normalized spacial score (nSPS) is 29.0. The van der Waals surface area contributed by atoms with Gasteiger partial charge in [0.25, 0.3) is 5.91 Å². The fraction of sp³-hybridized carbons (Fsp3) is 0.455. The Morgan fingerprint density at radius 3 is 2.24 bits per heavy atom. The molecule has 2 bridgehead atoms. The van der Waals surface area contributed by atoms with Crippen molar-refractivity contribution in [1.82, 2.24) is 4.90 Å². The summed E-state index contributed by atoms with van der Waals surface area (Å²) in [6.45, 7) is 7.76. The Labute approximate surface area is 150 Å². The van der Waals surface area contributed by atoms with E-state index in [-0.39, 0.29) is 5.41 Å². The first-order valence-corrected chi connectivity index (χ1v) is 9.30. The maximum Gasteiger partial charge on any atom is 0.258 e. The predicted octanol–water partition coefficient (Wildman–Crippen LogP) is 4.32. The van der Waals surface area contributed by atoms with E-state index >= 15 is 0 Å². The fourth-order valence-electron chi connectivity index (χ4n) is 3.95. The molecule has 25 heavy (non-hydrogen) atoms. The largest absolute Gasteiger partial charge is 0.333 e. The molecule has 0 amide bonds. The number of aryl methyl sites for hydroxylation is 1. The first kappa shape index (κ1) is 16.8. The molecule has 3 nitrogen and oxygen atoms in total. The molecule has 0 aliphatic carbocycles. The van der Waals surface area contributed by atoms with Crippen LogP contribution >= 0.6 is 0 Å². The molecule has 3 heteroatoms. The SMILES string of the molecule is CCCc1ccc(C23OCC(C)(CO2)CN3Cc2ccccc2)cc1. The van der Waals surface area contributed by atoms with Crippen LogP contribution in [0.25, 0.3) is 0 Å². The second kappa shape index (κ2) is 6.56. The first-order chi connectivity index (χ1) is 12.1. The molecule has 0 spiro atoms. The number of fused-ring (bicyclic) bond motifs is 3. The van der Waals surface area contributed by atoms with Crippen LogP contribution in [-0.2, 0) is 28.4 Å². The zero-order chi connectivity index (χ0) is 17.3. The Morgan fingerprint density at radius 2 is 1.60 bits per heavy atom. The van der Waals surface area contributed by atoms with Crippen LogP contribution in [0.3, 0.4) is 0 Å². The Kier molecular flexibility index (Phi) is 4.40. The van der Waals surface area contributed by atoms with Crippen LogP contribution in [-0.4, -0.2) is 24.7 Å². The van der Waals surface area contributed by atoms with Gasteiger partial charge in [0.05, 0.1) is 13.2 Å². The molecule has 3 heterocycles. The van der Waals surface area contributed by atoms with Crippen LogP contribution in [0.15, 0.2) is 54.6 Å². The maximum atomic E-state index is 6.34. The summed E-state index contributed by atoms with van der Waals surface area (Å²) in [5.74, 6) is -0.752. The van der Waals surface area contributed by atoms with Gasteiger partial charge in [0, 0.05) is 24.1 Å². The highest BCUT2D eigenvalue weighted by Crippen LogP contribution is 2.46. The van der Waals surface area contributed by atoms with Gasteiger partial charge in [-0.25, -0.2) is 4.90 Å². The summed E-state index contributed by atoms with van der Waals surface area (Å²) in [4.78, 5) is 2.35. The van der Waals surface area contributed by atoms with Gasteiger partial charge in [-0.15, -0.1) is 0 Å². The van der Waals surface area contributed by atoms with Crippen LogP contribution in [0.1, 0.15) is 37.0 Å². The van der Waals surface area contributed by atoms with Gasteiger partial charge < -0.3 is 9.47 Å². The summed E-state index contributed by atoms with van der Waals surface area (Å²) < 4.78 is 12.7. The number of rotatable bonds is 5. The van der Waals surface area contributed by atoms with E-state index in [0.29, 0.717) is 0 Å². The van der Waals surface area contributed by atoms with Crippen molar-refractivity contribution in [2.75, 3.05) is 19.8 Å². The second-order valence-corrected chi connectivity index (χ2v) is 7.76. The lowest BCUT2D eigenvalue weighted by Gasteiger charge is -2.57. The minimum atomic E-state index is -0.752. The van der Waals surface area contributed by atoms with Gasteiger partial charge in [0.2, 0.25) is 0 Å². The lowest BCUT2D eigenvalue weighted by atomic mass is 9.86. The molecule has 2 aromatic rings. The molecular formula is C22H27NO2. The van der Waals surface area contributed by atoms with Crippen molar-refractivity contribution in [1.29, 1.82) is 0 Å². The molecule has 0 radical (unpaired) electrons. The summed E-state index contributed by atoms with van der Waals surface area (Å²) >= 11 is 0. The van der Waals surface area contributed by atoms with Gasteiger partial charge >= 0.3 is 0 Å². The molecule has 3 saturated heterocycles. The molecule has 132 valence electrons. The van der Waals surface area contributed by atoms with E-state index in [1.165, 1.54) is 11.1 Å². The smallest absolute Gasteiger partial charge is 0.258 e. The van der Waals surface area contributed by atoms with Crippen molar-refractivity contribution in [3.63, 3.8) is 0 Å². The van der Waals surface area contributed by atoms with Crippen LogP contribution in [0.4, 0.5) is 0 Å². The number of ether oxygens (including phenoxy) is 2. The zero-order valence-electron chi connectivity index (χ0n) is 15.2. The van der Waals surface area contributed by atoms with Gasteiger partial charge in [0.1, 0.15) is 0 Å². The first-order valence-electron chi connectivity index (χ1n) is 9.30. The van der Waals surface area contributed by atoms with Crippen molar-refractivity contribution in [3.8, 4) is 0 Å². The molecule has 0 atom stereocenters. The second-order valence-electron chi connectivity index (χ2n) is 7.76. The molecule has 0 unspecified atom stereocenters. The van der Waals surface area contributed by atoms with E-state index < -0.39 is 5.91 Å². The minimum Gasteiger partial charge on any atom is -0.333 e. The average Bonchev–Trinajstić information content (AvgIpc) is 2.64. The third-order valence-electron chi connectivity index (χ3n) is 5.30. The maximum absolute atomic E-state index is 6.34. The Balaban J connectivity index is 1.66. The Morgan fingerprint density at radius 1 is 0.920 bits per heavy atom. The monoisotopic (exact) mass is 337 g/mol. The van der Waals surface area contributed by atoms with Gasteiger partial charge in [-0.2, -0.15) is 0 Å². The van der Waals surface area contributed by atoms with Crippen LogP contribution in [0.5, 0.6) is 0 Å². The van der Waals surface area contributed by atoms with Crippen LogP contribution in [0, 0.1) is 5.41 Å². The highest BCUT2D eigenvalue weighted by molar-refractivity contribution is 5.28. The minimum absolute atomic E-state index is 0.0681. The zero-order valence-corrected chi connectivity index (χ0v) is 15.2. The number of hydrogen-bond donors (Lipinski definition) is 0. The lowest BCUT2D eigenvalue weighted by Crippen LogP contribution is -2.66. The number of nitrogens with zero attached hydrogens (tertiary/aromatic N) is 1. The molecule has 0 aromatic heterocycles. The summed E-state index contributed by atoms with van der Waals surface area (Å²) in [5.41, 5.74) is 3.82. The summed E-state index contributed by atoms with van der Waals surface area (Å²) in [6, 6.07) is 19.4. The Hall–Kier alpha value is -1.68. The summed E-state index contributed by atoms with van der Waals surface area (Å²) in [6.07, 6.45) is 2.27. The van der Waals surface area contributed by atoms with Crippen LogP contribution < -0.4 is 0 Å². The molecule has 0 saturated carbocycles. The van der Waals surface area contributed by atoms with Crippen molar-refractivity contribution < 1.29 is 9.47 Å². The van der Waals surface area contributed by atoms with E-state index in [1.54, 1.807) is 0 Å². The van der Waals surface area contributed by atoms with Crippen LogP contribution in [0.2, 0.25) is 0 Å². The van der Waals surface area contributed by atoms with E-state index in [4.69, 9.17) is 9.47 Å². The average molecular weight is 337 g/mol. The van der Waals surface area contributed by atoms with Crippen molar-refractivity contribution >= 4 is 0 Å². The molecule has 3 aliphatic rings. The summed E-state index contributed by atoms with van der Waals surface area (Å²) in [7, 11) is 0. The van der Waals surface area contributed by atoms with Gasteiger partial charge in [-0.1, -0.05) is 74.9 Å². The molecule has 3 fully saturated rings. The molecule has 2 aromatic carbocycles. The number of benzene rings is 2. The van der Waals surface area contributed by atoms with Gasteiger partial charge in [-0.3, -0.25) is 0 Å². The molecular weight excluding hydrogens is 310 g/mol. The Bertz CT molecular complexity index is 703. The molecule has 5 rings (SSSR count). The lowest BCUT2D eigenvalue weighted by molar-refractivity contribution is -0.420. The topological polar surface area (TPSA) is 21.7 Å². The van der Waals surface area contributed by atoms with E-state index in [1.807, 2.05) is 0 Å². The van der Waals surface area contributed by atoms with E-state index in [9.17, 15) is 0 Å². The van der Waals surface area contributed by atoms with E-state index in [2.05, 4.69) is 73.3 Å². The fourth-order valence-corrected chi connectivity index (χ4v) is 3.95.